The van der Waals surface area contributed by atoms with Crippen LogP contribution >= 0.6 is 0 Å². The standard InChI is InChI=1S/C19H21N3O2.C19H21N3O/c1-12-5-8-14(9-6-12)16-17(18(23)19(24)21(3)4)22-11-13(2)7-10-15(22)20-16;1-13-5-8-15(9-6-13)19-16(11-18(23)21(3)4)22-12-14(2)7-10-17(22)20-19/h5-11,18,23H,1-4H3;5-10,12H,11H2,1-4H3/i2*1D3. The number of imidazole rings is 2. The summed E-state index contributed by atoms with van der Waals surface area (Å²) in [5.74, 6) is -0.479. The third kappa shape index (κ3) is 7.10. The fraction of sp³-hybridized carbons (Fsp3) is 0.263. The van der Waals surface area contributed by atoms with Gasteiger partial charge in [-0.25, -0.2) is 9.97 Å². The Morgan fingerprint density at radius 1 is 0.702 bits per heavy atom. The number of likely N-dealkylation sites (N-methyl/N-ethyl adjacent to an activating group) is 2. The molecule has 0 saturated heterocycles. The first-order valence-corrected chi connectivity index (χ1v) is 15.0. The van der Waals surface area contributed by atoms with Crippen LogP contribution in [-0.2, 0) is 16.0 Å². The Balaban J connectivity index is 0.000000204. The number of benzene rings is 2. The quantitative estimate of drug-likeness (QED) is 0.243. The molecule has 4 aromatic heterocycles. The maximum Gasteiger partial charge on any atom is 0.257 e. The Bertz CT molecular complexity index is 2270. The molecular weight excluding hydrogens is 588 g/mol. The van der Waals surface area contributed by atoms with Crippen molar-refractivity contribution in [2.45, 2.75) is 40.1 Å². The summed E-state index contributed by atoms with van der Waals surface area (Å²) in [5.41, 5.74) is 7.59. The lowest BCUT2D eigenvalue weighted by Gasteiger charge is -2.17. The van der Waals surface area contributed by atoms with Crippen molar-refractivity contribution in [2.24, 2.45) is 0 Å². The largest absolute Gasteiger partial charge is 0.377 e. The molecule has 6 aromatic rings. The number of rotatable bonds is 6. The second kappa shape index (κ2) is 13.6. The van der Waals surface area contributed by atoms with Crippen LogP contribution in [-0.4, -0.2) is 73.7 Å². The van der Waals surface area contributed by atoms with Gasteiger partial charge in [0.2, 0.25) is 5.91 Å². The summed E-state index contributed by atoms with van der Waals surface area (Å²) in [6, 6.07) is 20.6. The molecule has 0 saturated carbocycles. The molecular formula is C38H42N6O3. The molecule has 242 valence electrons. The Hall–Kier alpha value is -5.28. The molecule has 9 nitrogen and oxygen atoms in total. The number of fused-ring (bicyclic) bond motifs is 2. The van der Waals surface area contributed by atoms with Gasteiger partial charge in [-0.05, 0) is 50.8 Å². The lowest BCUT2D eigenvalue weighted by molar-refractivity contribution is -0.138. The molecule has 1 atom stereocenters. The van der Waals surface area contributed by atoms with Crippen LogP contribution in [0.3, 0.4) is 0 Å². The van der Waals surface area contributed by atoms with E-state index in [1.807, 2.05) is 54.9 Å². The number of hydrogen-bond acceptors (Lipinski definition) is 5. The minimum Gasteiger partial charge on any atom is -0.377 e. The predicted molar refractivity (Wildman–Crippen MR) is 186 cm³/mol. The van der Waals surface area contributed by atoms with E-state index < -0.39 is 25.7 Å². The van der Waals surface area contributed by atoms with E-state index in [9.17, 15) is 14.7 Å². The minimum atomic E-state index is -2.20. The van der Waals surface area contributed by atoms with Crippen molar-refractivity contribution in [3.05, 3.63) is 119 Å². The van der Waals surface area contributed by atoms with Crippen molar-refractivity contribution in [1.82, 2.24) is 28.6 Å². The molecule has 0 radical (unpaired) electrons. The molecule has 0 spiro atoms. The average Bonchev–Trinajstić information content (AvgIpc) is 3.65. The second-order valence-electron chi connectivity index (χ2n) is 11.9. The third-order valence-electron chi connectivity index (χ3n) is 7.74. The number of aryl methyl sites for hydroxylation is 4. The molecule has 4 heterocycles. The van der Waals surface area contributed by atoms with Crippen molar-refractivity contribution in [2.75, 3.05) is 28.2 Å². The van der Waals surface area contributed by atoms with Gasteiger partial charge < -0.3 is 19.3 Å². The van der Waals surface area contributed by atoms with Crippen molar-refractivity contribution >= 4 is 23.1 Å². The molecule has 2 amide bonds. The van der Waals surface area contributed by atoms with Gasteiger partial charge in [0.25, 0.3) is 5.91 Å². The van der Waals surface area contributed by atoms with E-state index in [4.69, 9.17) is 8.22 Å². The number of aromatic nitrogens is 4. The van der Waals surface area contributed by atoms with Crippen LogP contribution in [0.1, 0.15) is 48.0 Å². The van der Waals surface area contributed by atoms with Gasteiger partial charge in [0.05, 0.1) is 29.2 Å². The predicted octanol–water partition coefficient (Wildman–Crippen LogP) is 5.99. The summed E-state index contributed by atoms with van der Waals surface area (Å²) in [6.07, 6.45) is 2.59. The van der Waals surface area contributed by atoms with Crippen LogP contribution in [0, 0.1) is 27.6 Å². The zero-order valence-electron chi connectivity index (χ0n) is 33.3. The highest BCUT2D eigenvalue weighted by molar-refractivity contribution is 5.84. The lowest BCUT2D eigenvalue weighted by Crippen LogP contribution is -2.29. The van der Waals surface area contributed by atoms with Crippen molar-refractivity contribution in [3.8, 4) is 22.5 Å². The number of amides is 2. The van der Waals surface area contributed by atoms with E-state index in [2.05, 4.69) is 9.97 Å². The number of aliphatic hydroxyl groups excluding tert-OH is 1. The molecule has 1 unspecified atom stereocenters. The molecule has 0 aliphatic rings. The van der Waals surface area contributed by atoms with Crippen molar-refractivity contribution in [1.29, 1.82) is 0 Å². The van der Waals surface area contributed by atoms with Crippen LogP contribution in [0.15, 0.2) is 85.2 Å². The van der Waals surface area contributed by atoms with E-state index in [0.29, 0.717) is 28.3 Å². The summed E-state index contributed by atoms with van der Waals surface area (Å²) in [7, 11) is 6.60. The fourth-order valence-corrected chi connectivity index (χ4v) is 5.16. The Morgan fingerprint density at radius 3 is 1.68 bits per heavy atom. The van der Waals surface area contributed by atoms with E-state index >= 15 is 0 Å². The summed E-state index contributed by atoms with van der Waals surface area (Å²) < 4.78 is 48.6. The van der Waals surface area contributed by atoms with Gasteiger partial charge in [0.1, 0.15) is 11.3 Å². The number of pyridine rings is 2. The highest BCUT2D eigenvalue weighted by atomic mass is 16.3. The van der Waals surface area contributed by atoms with Crippen LogP contribution in [0.25, 0.3) is 33.8 Å². The van der Waals surface area contributed by atoms with Gasteiger partial charge >= 0.3 is 0 Å². The summed E-state index contributed by atoms with van der Waals surface area (Å²) in [5, 5.41) is 10.7. The molecule has 0 aliphatic carbocycles. The summed E-state index contributed by atoms with van der Waals surface area (Å²) >= 11 is 0. The normalized spacial score (nSPS) is 14.1. The Kier molecular flexibility index (Phi) is 7.49. The first-order chi connectivity index (χ1) is 24.8. The zero-order valence-corrected chi connectivity index (χ0v) is 27.3. The molecule has 47 heavy (non-hydrogen) atoms. The van der Waals surface area contributed by atoms with Gasteiger partial charge in [-0.2, -0.15) is 0 Å². The highest BCUT2D eigenvalue weighted by Gasteiger charge is 2.27. The van der Waals surface area contributed by atoms with Crippen molar-refractivity contribution < 1.29 is 22.9 Å². The fourth-order valence-electron chi connectivity index (χ4n) is 5.16. The minimum absolute atomic E-state index is 0.0198. The molecule has 0 bridgehead atoms. The summed E-state index contributed by atoms with van der Waals surface area (Å²) in [6.45, 7) is -0.438. The molecule has 6 rings (SSSR count). The zero-order chi connectivity index (χ0) is 39.0. The van der Waals surface area contributed by atoms with E-state index in [1.54, 1.807) is 73.9 Å². The highest BCUT2D eigenvalue weighted by Crippen LogP contribution is 2.31. The number of aliphatic hydroxyl groups is 1. The summed E-state index contributed by atoms with van der Waals surface area (Å²) in [4.78, 5) is 36.8. The van der Waals surface area contributed by atoms with Gasteiger partial charge in [-0.15, -0.1) is 0 Å². The molecule has 0 fully saturated rings. The number of nitrogens with zero attached hydrogens (tertiary/aromatic N) is 6. The SMILES string of the molecule is [2H]C([2H])([2H])c1ccc(-c2nc3ccc(C)cn3c2C(O)C(=O)N(C)C)cc1.[2H]C([2H])([2H])c1ccc(-c2nc3ccc(C)cn3c2CC(=O)N(C)C)cc1. The first kappa shape index (κ1) is 25.9. The maximum atomic E-state index is 12.4. The van der Waals surface area contributed by atoms with Crippen molar-refractivity contribution in [3.63, 3.8) is 0 Å². The number of carbonyl (C=O) groups excluding carboxylic acids is 2. The van der Waals surface area contributed by atoms with Gasteiger partial charge in [-0.3, -0.25) is 14.0 Å². The number of hydrogen-bond donors (Lipinski definition) is 1. The van der Waals surface area contributed by atoms with E-state index in [1.165, 1.54) is 17.0 Å². The second-order valence-corrected chi connectivity index (χ2v) is 11.9. The van der Waals surface area contributed by atoms with E-state index in [0.717, 1.165) is 28.0 Å². The van der Waals surface area contributed by atoms with E-state index in [-0.39, 0.29) is 23.5 Å². The Morgan fingerprint density at radius 2 is 1.17 bits per heavy atom. The third-order valence-corrected chi connectivity index (χ3v) is 7.74. The average molecular weight is 637 g/mol. The molecule has 0 aliphatic heterocycles. The van der Waals surface area contributed by atoms with Crippen LogP contribution in [0.2, 0.25) is 0 Å². The first-order valence-electron chi connectivity index (χ1n) is 18.0. The number of carbonyl (C=O) groups is 2. The topological polar surface area (TPSA) is 95.5 Å². The molecule has 2 aromatic carbocycles. The van der Waals surface area contributed by atoms with Crippen LogP contribution < -0.4 is 0 Å². The monoisotopic (exact) mass is 636 g/mol. The van der Waals surface area contributed by atoms with Crippen LogP contribution in [0.5, 0.6) is 0 Å². The van der Waals surface area contributed by atoms with Gasteiger partial charge in [-0.1, -0.05) is 71.8 Å². The molecule has 9 heteroatoms. The Labute approximate surface area is 284 Å². The maximum absolute atomic E-state index is 12.4. The van der Waals surface area contributed by atoms with Gasteiger partial charge in [0, 0.05) is 59.9 Å². The smallest absolute Gasteiger partial charge is 0.257 e. The van der Waals surface area contributed by atoms with Gasteiger partial charge in [0.15, 0.2) is 6.10 Å². The lowest BCUT2D eigenvalue weighted by atomic mass is 10.1. The molecule has 1 N–H and O–H groups in total. The van der Waals surface area contributed by atoms with Crippen LogP contribution in [0.4, 0.5) is 0 Å².